The Morgan fingerprint density at radius 3 is 2.58 bits per heavy atom. The largest absolute Gasteiger partial charge is 0.383 e. The molecule has 0 aliphatic carbocycles. The van der Waals surface area contributed by atoms with Crippen molar-refractivity contribution in [3.8, 4) is 0 Å². The number of piperazine rings is 1. The highest BCUT2D eigenvalue weighted by molar-refractivity contribution is 7.91. The van der Waals surface area contributed by atoms with E-state index in [9.17, 15) is 12.8 Å². The summed E-state index contributed by atoms with van der Waals surface area (Å²) in [6.45, 7) is 3.41. The Bertz CT molecular complexity index is 701. The van der Waals surface area contributed by atoms with Crippen LogP contribution in [0.4, 0.5) is 4.39 Å². The van der Waals surface area contributed by atoms with Gasteiger partial charge in [-0.05, 0) is 17.7 Å². The third kappa shape index (κ3) is 3.91. The highest BCUT2D eigenvalue weighted by Gasteiger charge is 2.46. The van der Waals surface area contributed by atoms with Gasteiger partial charge in [-0.25, -0.2) is 12.8 Å². The Hall–Kier alpha value is -0.730. The number of benzene rings is 1. The number of fused-ring (bicyclic) bond motifs is 1. The molecule has 0 spiro atoms. The van der Waals surface area contributed by atoms with Gasteiger partial charge in [-0.1, -0.05) is 17.7 Å². The summed E-state index contributed by atoms with van der Waals surface area (Å²) in [4.78, 5) is 4.37. The Kier molecular flexibility index (Phi) is 5.46. The van der Waals surface area contributed by atoms with Crippen molar-refractivity contribution in [3.05, 3.63) is 34.6 Å². The van der Waals surface area contributed by atoms with Gasteiger partial charge in [-0.2, -0.15) is 0 Å². The number of halogens is 2. The number of ether oxygens (including phenoxy) is 1. The van der Waals surface area contributed by atoms with Crippen molar-refractivity contribution in [2.45, 2.75) is 18.6 Å². The van der Waals surface area contributed by atoms with Gasteiger partial charge in [0.2, 0.25) is 0 Å². The maximum Gasteiger partial charge on any atom is 0.153 e. The Morgan fingerprint density at radius 1 is 1.25 bits per heavy atom. The average Bonchev–Trinajstić information content (AvgIpc) is 2.84. The zero-order valence-corrected chi connectivity index (χ0v) is 15.2. The standard InChI is InChI=1S/C16H22ClFN2O3S/c1-23-7-6-19-4-5-20(16-11-24(21,22)10-15(16)19)9-12-2-3-13(18)8-14(12)17/h2-3,8,15-16H,4-7,9-11H2,1H3/t15-,16+/m1/s1. The highest BCUT2D eigenvalue weighted by Crippen LogP contribution is 2.29. The third-order valence-corrected chi connectivity index (χ3v) is 6.93. The number of sulfone groups is 1. The van der Waals surface area contributed by atoms with Crippen LogP contribution in [0.15, 0.2) is 18.2 Å². The molecular formula is C16H22ClFN2O3S. The fraction of sp³-hybridized carbons (Fsp3) is 0.625. The molecule has 8 heteroatoms. The second-order valence-electron chi connectivity index (χ2n) is 6.45. The number of hydrogen-bond donors (Lipinski definition) is 0. The molecule has 0 bridgehead atoms. The molecular weight excluding hydrogens is 355 g/mol. The SMILES string of the molecule is COCCN1CCN(Cc2ccc(F)cc2Cl)[C@H]2CS(=O)(=O)C[C@H]21. The Labute approximate surface area is 147 Å². The normalized spacial score (nSPS) is 27.3. The lowest BCUT2D eigenvalue weighted by Crippen LogP contribution is -2.59. The van der Waals surface area contributed by atoms with Crippen LogP contribution in [0.3, 0.4) is 0 Å². The highest BCUT2D eigenvalue weighted by atomic mass is 35.5. The maximum absolute atomic E-state index is 13.2. The zero-order valence-electron chi connectivity index (χ0n) is 13.6. The van der Waals surface area contributed by atoms with Crippen molar-refractivity contribution in [3.63, 3.8) is 0 Å². The van der Waals surface area contributed by atoms with E-state index in [1.807, 2.05) is 0 Å². The van der Waals surface area contributed by atoms with Crippen LogP contribution in [0.5, 0.6) is 0 Å². The van der Waals surface area contributed by atoms with Gasteiger partial charge in [0, 0.05) is 50.4 Å². The molecule has 0 amide bonds. The summed E-state index contributed by atoms with van der Waals surface area (Å²) in [5.74, 6) is -0.0101. The molecule has 0 aromatic heterocycles. The van der Waals surface area contributed by atoms with Crippen molar-refractivity contribution >= 4 is 21.4 Å². The minimum Gasteiger partial charge on any atom is -0.383 e. The quantitative estimate of drug-likeness (QED) is 0.777. The lowest BCUT2D eigenvalue weighted by atomic mass is 10.0. The van der Waals surface area contributed by atoms with E-state index in [-0.39, 0.29) is 29.4 Å². The molecule has 2 fully saturated rings. The van der Waals surface area contributed by atoms with Crippen LogP contribution < -0.4 is 0 Å². The molecule has 2 heterocycles. The summed E-state index contributed by atoms with van der Waals surface area (Å²) in [6, 6.07) is 4.29. The van der Waals surface area contributed by atoms with Crippen LogP contribution in [0, 0.1) is 5.82 Å². The van der Waals surface area contributed by atoms with Crippen LogP contribution >= 0.6 is 11.6 Å². The zero-order chi connectivity index (χ0) is 17.3. The summed E-state index contributed by atoms with van der Waals surface area (Å²) in [7, 11) is -1.40. The molecule has 2 saturated heterocycles. The van der Waals surface area contributed by atoms with Gasteiger partial charge in [0.1, 0.15) is 5.82 Å². The van der Waals surface area contributed by atoms with E-state index in [1.54, 1.807) is 13.2 Å². The maximum atomic E-state index is 13.2. The molecule has 3 rings (SSSR count). The predicted molar refractivity (Wildman–Crippen MR) is 91.5 cm³/mol. The minimum absolute atomic E-state index is 0.0156. The molecule has 1 aromatic carbocycles. The van der Waals surface area contributed by atoms with Gasteiger partial charge in [0.15, 0.2) is 9.84 Å². The van der Waals surface area contributed by atoms with E-state index in [0.717, 1.165) is 25.2 Å². The second-order valence-corrected chi connectivity index (χ2v) is 9.01. The van der Waals surface area contributed by atoms with E-state index >= 15 is 0 Å². The van der Waals surface area contributed by atoms with Crippen LogP contribution in [-0.2, 0) is 21.1 Å². The molecule has 5 nitrogen and oxygen atoms in total. The first-order chi connectivity index (χ1) is 11.4. The van der Waals surface area contributed by atoms with Crippen LogP contribution in [0.2, 0.25) is 5.02 Å². The Morgan fingerprint density at radius 2 is 1.92 bits per heavy atom. The van der Waals surface area contributed by atoms with Crippen LogP contribution in [0.1, 0.15) is 5.56 Å². The van der Waals surface area contributed by atoms with E-state index in [1.165, 1.54) is 12.1 Å². The first kappa shape index (κ1) is 18.1. The smallest absolute Gasteiger partial charge is 0.153 e. The number of nitrogens with zero attached hydrogens (tertiary/aromatic N) is 2. The first-order valence-electron chi connectivity index (χ1n) is 8.01. The molecule has 24 heavy (non-hydrogen) atoms. The van der Waals surface area contributed by atoms with Crippen LogP contribution in [0.25, 0.3) is 0 Å². The van der Waals surface area contributed by atoms with Gasteiger partial charge in [0.25, 0.3) is 0 Å². The van der Waals surface area contributed by atoms with Gasteiger partial charge >= 0.3 is 0 Å². The molecule has 0 radical (unpaired) electrons. The minimum atomic E-state index is -3.05. The average molecular weight is 377 g/mol. The first-order valence-corrected chi connectivity index (χ1v) is 10.2. The lowest BCUT2D eigenvalue weighted by molar-refractivity contribution is 0.0253. The van der Waals surface area contributed by atoms with E-state index in [4.69, 9.17) is 16.3 Å². The summed E-state index contributed by atoms with van der Waals surface area (Å²) in [5, 5.41) is 0.384. The Balaban J connectivity index is 1.77. The molecule has 0 N–H and O–H groups in total. The summed E-state index contributed by atoms with van der Waals surface area (Å²) >= 11 is 6.13. The van der Waals surface area contributed by atoms with Gasteiger partial charge in [-0.3, -0.25) is 9.80 Å². The fourth-order valence-electron chi connectivity index (χ4n) is 3.65. The van der Waals surface area contributed by atoms with Gasteiger partial charge < -0.3 is 4.74 Å². The van der Waals surface area contributed by atoms with E-state index in [0.29, 0.717) is 18.2 Å². The van der Waals surface area contributed by atoms with Crippen molar-refractivity contribution in [1.82, 2.24) is 9.80 Å². The molecule has 0 saturated carbocycles. The van der Waals surface area contributed by atoms with Gasteiger partial charge in [-0.15, -0.1) is 0 Å². The monoisotopic (exact) mass is 376 g/mol. The van der Waals surface area contributed by atoms with E-state index in [2.05, 4.69) is 9.80 Å². The van der Waals surface area contributed by atoms with Crippen molar-refractivity contribution in [2.75, 3.05) is 44.9 Å². The molecule has 134 valence electrons. The predicted octanol–water partition coefficient (Wildman–Crippen LogP) is 1.41. The molecule has 2 atom stereocenters. The van der Waals surface area contributed by atoms with Gasteiger partial charge in [0.05, 0.1) is 18.1 Å². The molecule has 2 aliphatic heterocycles. The van der Waals surface area contributed by atoms with E-state index < -0.39 is 9.84 Å². The number of methoxy groups -OCH3 is 1. The van der Waals surface area contributed by atoms with Crippen molar-refractivity contribution in [2.24, 2.45) is 0 Å². The topological polar surface area (TPSA) is 49.9 Å². The second kappa shape index (κ2) is 7.25. The number of rotatable bonds is 5. The van der Waals surface area contributed by atoms with Crippen LogP contribution in [-0.4, -0.2) is 75.2 Å². The summed E-state index contributed by atoms with van der Waals surface area (Å²) in [5.41, 5.74) is 0.825. The molecule has 0 unspecified atom stereocenters. The summed E-state index contributed by atoms with van der Waals surface area (Å²) in [6.07, 6.45) is 0. The molecule has 1 aromatic rings. The summed E-state index contributed by atoms with van der Waals surface area (Å²) < 4.78 is 42.7. The fourth-order valence-corrected chi connectivity index (χ4v) is 5.92. The lowest BCUT2D eigenvalue weighted by Gasteiger charge is -2.44. The van der Waals surface area contributed by atoms with Crippen molar-refractivity contribution in [1.29, 1.82) is 0 Å². The van der Waals surface area contributed by atoms with Crippen molar-refractivity contribution < 1.29 is 17.5 Å². The third-order valence-electron chi connectivity index (χ3n) is 4.88. The number of hydrogen-bond acceptors (Lipinski definition) is 5. The molecule has 2 aliphatic rings.